The van der Waals surface area contributed by atoms with E-state index in [9.17, 15) is 0 Å². The SMILES string of the molecule is N#C/C(N)=C(\C#N)NC=NCCO. The Morgan fingerprint density at radius 3 is 2.69 bits per heavy atom. The lowest BCUT2D eigenvalue weighted by Gasteiger charge is -1.96. The molecule has 0 fully saturated rings. The summed E-state index contributed by atoms with van der Waals surface area (Å²) in [6.45, 7) is 0.162. The second-order valence-electron chi connectivity index (χ2n) is 1.92. The van der Waals surface area contributed by atoms with Crippen LogP contribution in [0.25, 0.3) is 0 Å². The largest absolute Gasteiger partial charge is 0.394 e. The molecule has 0 rings (SSSR count). The van der Waals surface area contributed by atoms with Crippen LogP contribution in [0, 0.1) is 22.7 Å². The maximum Gasteiger partial charge on any atom is 0.152 e. The number of hydrogen-bond donors (Lipinski definition) is 3. The lowest BCUT2D eigenvalue weighted by molar-refractivity contribution is 0.307. The van der Waals surface area contributed by atoms with Crippen LogP contribution in [0.2, 0.25) is 0 Å². The number of nitriles is 2. The molecule has 0 aromatic heterocycles. The maximum absolute atomic E-state index is 8.47. The molecule has 0 aliphatic rings. The first-order chi connectivity index (χ1) is 6.26. The number of aliphatic hydroxyl groups is 1. The number of hydrogen-bond acceptors (Lipinski definition) is 5. The quantitative estimate of drug-likeness (QED) is 0.285. The van der Waals surface area contributed by atoms with Gasteiger partial charge in [0, 0.05) is 0 Å². The van der Waals surface area contributed by atoms with E-state index >= 15 is 0 Å². The molecule has 0 aliphatic heterocycles. The Balaban J connectivity index is 4.20. The minimum Gasteiger partial charge on any atom is -0.394 e. The molecule has 4 N–H and O–H groups in total. The Kier molecular flexibility index (Phi) is 5.60. The Labute approximate surface area is 75.6 Å². The average molecular weight is 179 g/mol. The average Bonchev–Trinajstić information content (AvgIpc) is 2.17. The number of nitrogens with one attached hydrogen (secondary N) is 1. The van der Waals surface area contributed by atoms with Gasteiger partial charge in [0.15, 0.2) is 5.70 Å². The van der Waals surface area contributed by atoms with Crippen molar-refractivity contribution in [1.29, 1.82) is 10.5 Å². The van der Waals surface area contributed by atoms with Crippen molar-refractivity contribution in [2.75, 3.05) is 13.2 Å². The summed E-state index contributed by atoms with van der Waals surface area (Å²) in [5, 5.41) is 27.6. The van der Waals surface area contributed by atoms with E-state index < -0.39 is 0 Å². The molecule has 0 radical (unpaired) electrons. The summed E-state index contributed by atoms with van der Waals surface area (Å²) in [5.74, 6) is 0. The summed E-state index contributed by atoms with van der Waals surface area (Å²) in [7, 11) is 0. The van der Waals surface area contributed by atoms with Gasteiger partial charge in [-0.05, 0) is 0 Å². The van der Waals surface area contributed by atoms with Crippen LogP contribution in [0.4, 0.5) is 0 Å². The Bertz CT molecular complexity index is 293. The Morgan fingerprint density at radius 2 is 2.23 bits per heavy atom. The van der Waals surface area contributed by atoms with Gasteiger partial charge in [-0.1, -0.05) is 0 Å². The van der Waals surface area contributed by atoms with Gasteiger partial charge in [0.1, 0.15) is 17.8 Å². The summed E-state index contributed by atoms with van der Waals surface area (Å²) < 4.78 is 0. The van der Waals surface area contributed by atoms with E-state index in [-0.39, 0.29) is 24.5 Å². The number of nitrogens with zero attached hydrogens (tertiary/aromatic N) is 3. The van der Waals surface area contributed by atoms with Gasteiger partial charge in [0.2, 0.25) is 0 Å². The molecule has 0 atom stereocenters. The fourth-order valence-corrected chi connectivity index (χ4v) is 0.459. The number of allylic oxidation sites excluding steroid dienone is 2. The Hall–Kier alpha value is -2.05. The van der Waals surface area contributed by atoms with Gasteiger partial charge in [-0.25, -0.2) is 0 Å². The van der Waals surface area contributed by atoms with Crippen LogP contribution in [0.1, 0.15) is 0 Å². The highest BCUT2D eigenvalue weighted by Gasteiger charge is 1.97. The summed E-state index contributed by atoms with van der Waals surface area (Å²) in [6, 6.07) is 3.32. The molecule has 0 aromatic carbocycles. The van der Waals surface area contributed by atoms with Crippen molar-refractivity contribution in [2.45, 2.75) is 0 Å². The maximum atomic E-state index is 8.47. The van der Waals surface area contributed by atoms with E-state index in [2.05, 4.69) is 10.3 Å². The van der Waals surface area contributed by atoms with Gasteiger partial charge >= 0.3 is 0 Å². The number of aliphatic hydroxyl groups excluding tert-OH is 1. The second-order valence-corrected chi connectivity index (χ2v) is 1.92. The molecule has 6 nitrogen and oxygen atoms in total. The van der Waals surface area contributed by atoms with Crippen LogP contribution in [-0.2, 0) is 0 Å². The number of nitrogens with two attached hydrogens (primary N) is 1. The van der Waals surface area contributed by atoms with E-state index in [1.807, 2.05) is 0 Å². The monoisotopic (exact) mass is 179 g/mol. The minimum absolute atomic E-state index is 0.0517. The predicted octanol–water partition coefficient (Wildman–Crippen LogP) is -1.19. The number of aliphatic imine (C=N–C) groups is 1. The molecule has 0 heterocycles. The van der Waals surface area contributed by atoms with Gasteiger partial charge in [0.25, 0.3) is 0 Å². The van der Waals surface area contributed by atoms with Gasteiger partial charge < -0.3 is 16.2 Å². The molecule has 0 bridgehead atoms. The molecule has 0 aliphatic carbocycles. The fourth-order valence-electron chi connectivity index (χ4n) is 0.459. The first kappa shape index (κ1) is 11.0. The van der Waals surface area contributed by atoms with Crippen molar-refractivity contribution in [3.63, 3.8) is 0 Å². The molecule has 0 saturated heterocycles. The van der Waals surface area contributed by atoms with Gasteiger partial charge in [-0.3, -0.25) is 4.99 Å². The first-order valence-electron chi connectivity index (χ1n) is 3.42. The van der Waals surface area contributed by atoms with Crippen LogP contribution in [-0.4, -0.2) is 24.6 Å². The minimum atomic E-state index is -0.196. The first-order valence-corrected chi connectivity index (χ1v) is 3.42. The zero-order valence-electron chi connectivity index (χ0n) is 6.86. The van der Waals surface area contributed by atoms with Crippen LogP contribution < -0.4 is 11.1 Å². The van der Waals surface area contributed by atoms with Crippen molar-refractivity contribution in [1.82, 2.24) is 5.32 Å². The molecule has 0 saturated carbocycles. The van der Waals surface area contributed by atoms with E-state index in [1.165, 1.54) is 6.34 Å². The lowest BCUT2D eigenvalue weighted by Crippen LogP contribution is -2.15. The normalized spacial score (nSPS) is 11.6. The van der Waals surface area contributed by atoms with E-state index in [0.29, 0.717) is 0 Å². The fraction of sp³-hybridized carbons (Fsp3) is 0.286. The van der Waals surface area contributed by atoms with Crippen molar-refractivity contribution in [2.24, 2.45) is 10.7 Å². The molecule has 0 amide bonds. The van der Waals surface area contributed by atoms with Gasteiger partial charge in [-0.2, -0.15) is 10.5 Å². The summed E-state index contributed by atoms with van der Waals surface area (Å²) in [5.41, 5.74) is 4.92. The van der Waals surface area contributed by atoms with Crippen molar-refractivity contribution in [3.05, 3.63) is 11.4 Å². The second kappa shape index (κ2) is 6.65. The molecule has 0 spiro atoms. The highest BCUT2D eigenvalue weighted by molar-refractivity contribution is 5.60. The third kappa shape index (κ3) is 4.40. The van der Waals surface area contributed by atoms with Crippen molar-refractivity contribution in [3.8, 4) is 12.1 Å². The highest BCUT2D eigenvalue weighted by Crippen LogP contribution is 1.88. The zero-order valence-corrected chi connectivity index (χ0v) is 6.86. The molecular formula is C7H9N5O. The van der Waals surface area contributed by atoms with Crippen LogP contribution in [0.3, 0.4) is 0 Å². The third-order valence-electron chi connectivity index (χ3n) is 1.03. The van der Waals surface area contributed by atoms with E-state index in [1.54, 1.807) is 12.1 Å². The molecule has 0 aromatic rings. The zero-order chi connectivity index (χ0) is 10.1. The molecule has 0 unspecified atom stereocenters. The van der Waals surface area contributed by atoms with E-state index in [0.717, 1.165) is 0 Å². The van der Waals surface area contributed by atoms with Gasteiger partial charge in [-0.15, -0.1) is 0 Å². The van der Waals surface area contributed by atoms with Gasteiger partial charge in [0.05, 0.1) is 19.5 Å². The third-order valence-corrected chi connectivity index (χ3v) is 1.03. The molecular weight excluding hydrogens is 170 g/mol. The van der Waals surface area contributed by atoms with Crippen LogP contribution >= 0.6 is 0 Å². The standard InChI is InChI=1S/C7H9N5O/c8-3-6(10)7(4-9)12-5-11-1-2-13/h5,13H,1-2,10H2,(H,11,12)/b7-6-. The number of rotatable bonds is 4. The summed E-state index contributed by atoms with van der Waals surface area (Å²) in [6.07, 6.45) is 1.21. The smallest absolute Gasteiger partial charge is 0.152 e. The van der Waals surface area contributed by atoms with Crippen molar-refractivity contribution < 1.29 is 5.11 Å². The van der Waals surface area contributed by atoms with Crippen LogP contribution in [0.15, 0.2) is 16.4 Å². The lowest BCUT2D eigenvalue weighted by atomic mass is 10.4. The molecule has 13 heavy (non-hydrogen) atoms. The molecule has 6 heteroatoms. The topological polar surface area (TPSA) is 118 Å². The van der Waals surface area contributed by atoms with E-state index in [4.69, 9.17) is 21.4 Å². The summed E-state index contributed by atoms with van der Waals surface area (Å²) >= 11 is 0. The Morgan fingerprint density at radius 1 is 1.54 bits per heavy atom. The summed E-state index contributed by atoms with van der Waals surface area (Å²) in [4.78, 5) is 3.66. The molecule has 68 valence electrons. The van der Waals surface area contributed by atoms with Crippen LogP contribution in [0.5, 0.6) is 0 Å². The van der Waals surface area contributed by atoms with Crippen molar-refractivity contribution >= 4 is 6.34 Å². The highest BCUT2D eigenvalue weighted by atomic mass is 16.3. The predicted molar refractivity (Wildman–Crippen MR) is 46.0 cm³/mol.